The van der Waals surface area contributed by atoms with Crippen molar-refractivity contribution in [1.29, 1.82) is 5.26 Å². The second-order valence-electron chi connectivity index (χ2n) is 5.86. The summed E-state index contributed by atoms with van der Waals surface area (Å²) >= 11 is 0. The largest absolute Gasteiger partial charge is 0.489 e. The highest BCUT2D eigenvalue weighted by Gasteiger charge is 2.31. The monoisotopic (exact) mass is 271 g/mol. The predicted octanol–water partition coefficient (Wildman–Crippen LogP) is 4.74. The van der Waals surface area contributed by atoms with Crippen molar-refractivity contribution in [3.05, 3.63) is 29.8 Å². The van der Waals surface area contributed by atoms with E-state index >= 15 is 0 Å². The first kappa shape index (κ1) is 14.9. The van der Waals surface area contributed by atoms with Gasteiger partial charge in [0, 0.05) is 0 Å². The van der Waals surface area contributed by atoms with E-state index in [-0.39, 0.29) is 12.0 Å². The summed E-state index contributed by atoms with van der Waals surface area (Å²) in [7, 11) is 0. The van der Waals surface area contributed by atoms with Gasteiger partial charge in [0.1, 0.15) is 11.9 Å². The maximum atomic E-state index is 9.33. The molecule has 0 aliphatic heterocycles. The molecule has 0 heterocycles. The molecule has 0 aromatic heterocycles. The SMILES string of the molecule is CCCC1CCC(C#N)C(Oc2cccc(CC)c2)C1. The molecule has 2 heteroatoms. The Bertz CT molecular complexity index is 463. The van der Waals surface area contributed by atoms with Crippen LogP contribution in [0.25, 0.3) is 0 Å². The Morgan fingerprint density at radius 2 is 2.15 bits per heavy atom. The fraction of sp³-hybridized carbons (Fsp3) is 0.611. The van der Waals surface area contributed by atoms with Gasteiger partial charge < -0.3 is 4.74 Å². The smallest absolute Gasteiger partial charge is 0.120 e. The highest BCUT2D eigenvalue weighted by atomic mass is 16.5. The number of nitriles is 1. The highest BCUT2D eigenvalue weighted by Crippen LogP contribution is 2.34. The normalized spacial score (nSPS) is 25.9. The molecule has 2 rings (SSSR count). The van der Waals surface area contributed by atoms with Gasteiger partial charge in [-0.1, -0.05) is 38.8 Å². The minimum atomic E-state index is 0.0494. The summed E-state index contributed by atoms with van der Waals surface area (Å²) in [4.78, 5) is 0. The lowest BCUT2D eigenvalue weighted by molar-refractivity contribution is 0.0874. The minimum absolute atomic E-state index is 0.0494. The van der Waals surface area contributed by atoms with Crippen LogP contribution in [0.3, 0.4) is 0 Å². The van der Waals surface area contributed by atoms with Gasteiger partial charge in [0.25, 0.3) is 0 Å². The molecule has 1 aliphatic rings. The van der Waals surface area contributed by atoms with Crippen LogP contribution >= 0.6 is 0 Å². The maximum absolute atomic E-state index is 9.33. The Morgan fingerprint density at radius 1 is 1.30 bits per heavy atom. The molecule has 1 saturated carbocycles. The predicted molar refractivity (Wildman–Crippen MR) is 81.6 cm³/mol. The zero-order chi connectivity index (χ0) is 14.4. The summed E-state index contributed by atoms with van der Waals surface area (Å²) in [5.41, 5.74) is 1.29. The van der Waals surface area contributed by atoms with Crippen molar-refractivity contribution in [1.82, 2.24) is 0 Å². The molecule has 20 heavy (non-hydrogen) atoms. The fourth-order valence-corrected chi connectivity index (χ4v) is 3.17. The van der Waals surface area contributed by atoms with E-state index in [2.05, 4.69) is 32.0 Å². The summed E-state index contributed by atoms with van der Waals surface area (Å²) in [5, 5.41) is 9.33. The molecular formula is C18H25NO. The lowest BCUT2D eigenvalue weighted by atomic mass is 9.78. The third-order valence-electron chi connectivity index (χ3n) is 4.36. The molecule has 0 amide bonds. The van der Waals surface area contributed by atoms with Crippen molar-refractivity contribution in [3.63, 3.8) is 0 Å². The Kier molecular flexibility index (Phi) is 5.47. The molecule has 1 aliphatic carbocycles. The van der Waals surface area contributed by atoms with Gasteiger partial charge in [-0.25, -0.2) is 0 Å². The van der Waals surface area contributed by atoms with Crippen molar-refractivity contribution in [2.24, 2.45) is 11.8 Å². The van der Waals surface area contributed by atoms with Crippen molar-refractivity contribution in [2.45, 2.75) is 58.5 Å². The first-order valence-corrected chi connectivity index (χ1v) is 7.92. The Labute approximate surface area is 122 Å². The molecule has 1 aromatic carbocycles. The number of aryl methyl sites for hydroxylation is 1. The van der Waals surface area contributed by atoms with Crippen molar-refractivity contribution < 1.29 is 4.74 Å². The van der Waals surface area contributed by atoms with Crippen LogP contribution in [0.1, 0.15) is 51.5 Å². The van der Waals surface area contributed by atoms with Crippen LogP contribution in [0.5, 0.6) is 5.75 Å². The average molecular weight is 271 g/mol. The summed E-state index contributed by atoms with van der Waals surface area (Å²) in [6, 6.07) is 10.7. The van der Waals surface area contributed by atoms with Gasteiger partial charge in [0.15, 0.2) is 0 Å². The molecule has 0 N–H and O–H groups in total. The molecule has 1 fully saturated rings. The molecule has 2 nitrogen and oxygen atoms in total. The van der Waals surface area contributed by atoms with Gasteiger partial charge >= 0.3 is 0 Å². The number of hydrogen-bond donors (Lipinski definition) is 0. The zero-order valence-corrected chi connectivity index (χ0v) is 12.6. The van der Waals surface area contributed by atoms with E-state index in [0.717, 1.165) is 30.9 Å². The quantitative estimate of drug-likeness (QED) is 0.775. The maximum Gasteiger partial charge on any atom is 0.120 e. The molecule has 0 saturated heterocycles. The van der Waals surface area contributed by atoms with Crippen LogP contribution in [-0.4, -0.2) is 6.10 Å². The number of rotatable bonds is 5. The van der Waals surface area contributed by atoms with E-state index in [9.17, 15) is 5.26 Å². The van der Waals surface area contributed by atoms with Crippen LogP contribution in [0.4, 0.5) is 0 Å². The lowest BCUT2D eigenvalue weighted by Gasteiger charge is -2.33. The van der Waals surface area contributed by atoms with Crippen molar-refractivity contribution in [3.8, 4) is 11.8 Å². The Hall–Kier alpha value is -1.49. The summed E-state index contributed by atoms with van der Waals surface area (Å²) in [6.07, 6.45) is 6.76. The van der Waals surface area contributed by atoms with Gasteiger partial charge in [-0.3, -0.25) is 0 Å². The van der Waals surface area contributed by atoms with Crippen LogP contribution in [0, 0.1) is 23.2 Å². The van der Waals surface area contributed by atoms with E-state index < -0.39 is 0 Å². The molecule has 3 unspecified atom stereocenters. The van der Waals surface area contributed by atoms with E-state index in [4.69, 9.17) is 4.74 Å². The Balaban J connectivity index is 2.05. The minimum Gasteiger partial charge on any atom is -0.489 e. The van der Waals surface area contributed by atoms with Crippen LogP contribution in [0.2, 0.25) is 0 Å². The van der Waals surface area contributed by atoms with Crippen LogP contribution in [-0.2, 0) is 6.42 Å². The number of benzene rings is 1. The molecule has 0 bridgehead atoms. The van der Waals surface area contributed by atoms with Gasteiger partial charge in [0.2, 0.25) is 0 Å². The second-order valence-corrected chi connectivity index (χ2v) is 5.86. The fourth-order valence-electron chi connectivity index (χ4n) is 3.17. The van der Waals surface area contributed by atoms with Crippen LogP contribution < -0.4 is 4.74 Å². The third kappa shape index (κ3) is 3.76. The molecular weight excluding hydrogens is 246 g/mol. The zero-order valence-electron chi connectivity index (χ0n) is 12.6. The number of nitrogens with zero attached hydrogens (tertiary/aromatic N) is 1. The number of ether oxygens (including phenoxy) is 1. The lowest BCUT2D eigenvalue weighted by Crippen LogP contribution is -2.33. The molecule has 0 radical (unpaired) electrons. The summed E-state index contributed by atoms with van der Waals surface area (Å²) in [5.74, 6) is 1.70. The van der Waals surface area contributed by atoms with E-state index in [1.54, 1.807) is 0 Å². The average Bonchev–Trinajstić information content (AvgIpc) is 2.48. The Morgan fingerprint density at radius 3 is 2.85 bits per heavy atom. The van der Waals surface area contributed by atoms with E-state index in [1.165, 1.54) is 24.8 Å². The molecule has 1 aromatic rings. The van der Waals surface area contributed by atoms with Gasteiger partial charge in [-0.05, 0) is 49.3 Å². The van der Waals surface area contributed by atoms with Crippen molar-refractivity contribution in [2.75, 3.05) is 0 Å². The first-order chi connectivity index (χ1) is 9.76. The van der Waals surface area contributed by atoms with E-state index in [0.29, 0.717) is 0 Å². The summed E-state index contributed by atoms with van der Waals surface area (Å²) in [6.45, 7) is 4.38. The van der Waals surface area contributed by atoms with E-state index in [1.807, 2.05) is 12.1 Å². The summed E-state index contributed by atoms with van der Waals surface area (Å²) < 4.78 is 6.16. The first-order valence-electron chi connectivity index (χ1n) is 7.92. The third-order valence-corrected chi connectivity index (χ3v) is 4.36. The standard InChI is InChI=1S/C18H25NO/c1-3-6-15-9-10-16(13-19)18(12-15)20-17-8-5-7-14(4-2)11-17/h5,7-8,11,15-16,18H,3-4,6,9-10,12H2,1-2H3. The molecule has 108 valence electrons. The molecule has 0 spiro atoms. The van der Waals surface area contributed by atoms with Gasteiger partial charge in [-0.2, -0.15) is 5.26 Å². The van der Waals surface area contributed by atoms with Crippen LogP contribution in [0.15, 0.2) is 24.3 Å². The van der Waals surface area contributed by atoms with Crippen molar-refractivity contribution >= 4 is 0 Å². The van der Waals surface area contributed by atoms with Gasteiger partial charge in [0.05, 0.1) is 12.0 Å². The molecule has 3 atom stereocenters. The van der Waals surface area contributed by atoms with Gasteiger partial charge in [-0.15, -0.1) is 0 Å². The second kappa shape index (κ2) is 7.33. The topological polar surface area (TPSA) is 33.0 Å². The number of hydrogen-bond acceptors (Lipinski definition) is 2. The highest BCUT2D eigenvalue weighted by molar-refractivity contribution is 5.28.